The fourth-order valence-electron chi connectivity index (χ4n) is 10.4. The number of allylic oxidation sites excluding steroid dienone is 4. The van der Waals surface area contributed by atoms with Gasteiger partial charge < -0.3 is 43.3 Å². The number of aliphatic hydroxyl groups excluding tert-OH is 1. The lowest BCUT2D eigenvalue weighted by molar-refractivity contribution is -0.790. The summed E-state index contributed by atoms with van der Waals surface area (Å²) in [6, 6.07) is 3.51. The Hall–Kier alpha value is -6.53. The third kappa shape index (κ3) is 9.99. The number of benzene rings is 1. The highest BCUT2D eigenvalue weighted by Crippen LogP contribution is 2.71. The molecule has 0 aromatic heterocycles. The van der Waals surface area contributed by atoms with Crippen LogP contribution in [-0.4, -0.2) is 113 Å². The number of aliphatic hydroxyl groups is 1. The second-order valence-corrected chi connectivity index (χ2v) is 16.9. The van der Waals surface area contributed by atoms with Crippen LogP contribution >= 0.6 is 0 Å². The summed E-state index contributed by atoms with van der Waals surface area (Å²) in [4.78, 5) is 111. The Morgan fingerprint density at radius 3 is 2.32 bits per heavy atom. The van der Waals surface area contributed by atoms with Gasteiger partial charge in [-0.05, 0) is 93.7 Å². The van der Waals surface area contributed by atoms with Crippen molar-refractivity contribution in [2.24, 2.45) is 28.6 Å². The molecule has 1 aromatic carbocycles. The summed E-state index contributed by atoms with van der Waals surface area (Å²) in [6.45, 7) is 1.99. The Labute approximate surface area is 373 Å². The summed E-state index contributed by atoms with van der Waals surface area (Å²) < 4.78 is 61.0. The zero-order valence-electron chi connectivity index (χ0n) is 36.2. The first kappa shape index (κ1) is 50.5. The molecule has 25 heteroatoms. The van der Waals surface area contributed by atoms with Crippen molar-refractivity contribution >= 4 is 29.7 Å². The van der Waals surface area contributed by atoms with E-state index in [0.29, 0.717) is 0 Å². The van der Waals surface area contributed by atoms with E-state index in [1.54, 1.807) is 0 Å². The molecule has 0 heterocycles. The van der Waals surface area contributed by atoms with Crippen LogP contribution in [0, 0.1) is 58.9 Å². The summed E-state index contributed by atoms with van der Waals surface area (Å²) in [5.74, 6) is -7.02. The van der Waals surface area contributed by atoms with E-state index in [-0.39, 0.29) is 61.3 Å². The molecule has 1 N–H and O–H groups in total. The van der Waals surface area contributed by atoms with Gasteiger partial charge in [-0.2, -0.15) is 0 Å². The number of carbonyl (C=O) groups excluding carboxylic acids is 5. The van der Waals surface area contributed by atoms with Gasteiger partial charge in [0.15, 0.2) is 35.2 Å². The molecule has 0 aliphatic heterocycles. The molecule has 0 radical (unpaired) electrons. The van der Waals surface area contributed by atoms with E-state index in [1.165, 1.54) is 40.0 Å². The Kier molecular flexibility index (Phi) is 15.5. The molecule has 0 amide bonds. The number of ether oxygens (including phenoxy) is 5. The Balaban J connectivity index is 1.29. The maximum absolute atomic E-state index is 17.9. The Bertz CT molecular complexity index is 2160. The lowest BCUT2D eigenvalue weighted by Gasteiger charge is -2.63. The molecule has 0 saturated heterocycles. The predicted octanol–water partition coefficient (Wildman–Crippen LogP) is 4.73. The summed E-state index contributed by atoms with van der Waals surface area (Å²) in [5, 5.41) is 40.3. The molecular weight excluding hydrogens is 892 g/mol. The molecule has 0 bridgehead atoms. The van der Waals surface area contributed by atoms with Gasteiger partial charge in [0.05, 0.1) is 32.0 Å². The number of hydrogen-bond acceptors (Lipinski definition) is 20. The number of nitrogens with zero attached hydrogens (tertiary/aromatic N) is 3. The quantitative estimate of drug-likeness (QED) is 0.0410. The number of ketones is 2. The highest BCUT2D eigenvalue weighted by molar-refractivity contribution is 6.01. The predicted molar refractivity (Wildman–Crippen MR) is 213 cm³/mol. The number of rotatable bonds is 22. The van der Waals surface area contributed by atoms with Crippen LogP contribution < -0.4 is 9.47 Å². The molecule has 3 fully saturated rings. The number of unbranched alkanes of at least 4 members (excludes halogenated alkanes) is 1. The number of Topliss-reactive ketones (excluding diaryl/α,β-unsaturated/α-hetero) is 1. The molecule has 5 rings (SSSR count). The van der Waals surface area contributed by atoms with Gasteiger partial charge >= 0.3 is 18.1 Å². The van der Waals surface area contributed by atoms with Gasteiger partial charge in [-0.1, -0.05) is 19.9 Å². The van der Waals surface area contributed by atoms with Gasteiger partial charge in [-0.3, -0.25) is 14.4 Å². The second-order valence-electron chi connectivity index (χ2n) is 16.9. The first-order chi connectivity index (χ1) is 31.0. The average molecular weight is 942 g/mol. The molecular formula is C41H49F2N3O20. The van der Waals surface area contributed by atoms with Crippen molar-refractivity contribution in [1.82, 2.24) is 0 Å². The normalized spacial score (nSPS) is 29.9. The summed E-state index contributed by atoms with van der Waals surface area (Å²) >= 11 is 0. The van der Waals surface area contributed by atoms with Gasteiger partial charge in [0, 0.05) is 29.1 Å². The Morgan fingerprint density at radius 1 is 0.939 bits per heavy atom. The van der Waals surface area contributed by atoms with Crippen LogP contribution in [0.2, 0.25) is 0 Å². The number of alkyl halides is 2. The molecule has 3 unspecified atom stereocenters. The van der Waals surface area contributed by atoms with Crippen LogP contribution in [0.5, 0.6) is 11.5 Å². The minimum absolute atomic E-state index is 0.0231. The van der Waals surface area contributed by atoms with E-state index in [9.17, 15) is 59.4 Å². The standard InChI is InChI=1S/C41H49F2N3O20/c1-23-16-27-28-19-30(42)29-18-25(47)12-13-38(29,2)40(28,43)33(48)20-39(27,3)41(23,65-35(50)9-7-15-62-44(53)54)34(49)22-61-37(52)64-31-11-10-24(17-32(31)59-4)36(51)60-14-6-5-8-26(66-46(57)58)21-63-45(55)56/h10-13,17-18,23,26-28,30,33,48H,5-9,14-16,19-22H2,1-4H3/t23-,26?,27?,28?,30+,33+,38+,39+,40+,41+/m1/s1. The molecule has 362 valence electrons. The fraction of sp³-hybridized carbons (Fsp3) is 0.634. The molecule has 1 aromatic rings. The maximum atomic E-state index is 17.9. The van der Waals surface area contributed by atoms with E-state index < -0.39 is 142 Å². The molecule has 3 saturated carbocycles. The topological polar surface area (TPSA) is 309 Å². The van der Waals surface area contributed by atoms with Gasteiger partial charge in [0.25, 0.3) is 15.3 Å². The van der Waals surface area contributed by atoms with Crippen molar-refractivity contribution in [3.63, 3.8) is 0 Å². The third-order valence-electron chi connectivity index (χ3n) is 13.2. The SMILES string of the molecule is COc1cc(C(=O)OCCCCC(CO[N+](=O)[O-])O[N+](=O)[O-])ccc1OC(=O)OCC(=O)[C@@]1(OC(=O)CCCO[N+](=O)[O-])[C@H](C)CC2C3C[C@H](F)C4=CC(=O)C=C[C@]4(C)[C@@]3(F)[C@@H](O)C[C@@]21C. The molecule has 4 aliphatic carbocycles. The minimum Gasteiger partial charge on any atom is -0.493 e. The minimum atomic E-state index is -2.54. The van der Waals surface area contributed by atoms with Crippen LogP contribution in [0.4, 0.5) is 13.6 Å². The number of fused-ring (bicyclic) bond motifs is 5. The molecule has 10 atom stereocenters. The van der Waals surface area contributed by atoms with Crippen molar-refractivity contribution in [1.29, 1.82) is 0 Å². The van der Waals surface area contributed by atoms with Crippen molar-refractivity contribution < 1.29 is 91.3 Å². The van der Waals surface area contributed by atoms with E-state index in [4.69, 9.17) is 23.7 Å². The van der Waals surface area contributed by atoms with Gasteiger partial charge in [0.2, 0.25) is 5.78 Å². The first-order valence-corrected chi connectivity index (χ1v) is 20.8. The van der Waals surface area contributed by atoms with Gasteiger partial charge in [-0.25, -0.2) is 18.4 Å². The van der Waals surface area contributed by atoms with Crippen LogP contribution in [0.15, 0.2) is 42.0 Å². The lowest BCUT2D eigenvalue weighted by Crippen LogP contribution is -2.71. The zero-order valence-corrected chi connectivity index (χ0v) is 36.2. The lowest BCUT2D eigenvalue weighted by atomic mass is 9.44. The number of hydrogen-bond donors (Lipinski definition) is 1. The van der Waals surface area contributed by atoms with Gasteiger partial charge in [-0.15, -0.1) is 30.3 Å². The molecule has 66 heavy (non-hydrogen) atoms. The zero-order chi connectivity index (χ0) is 48.8. The number of carbonyl (C=O) groups is 5. The summed E-state index contributed by atoms with van der Waals surface area (Å²) in [5.41, 5.74) is -8.35. The maximum Gasteiger partial charge on any atom is 0.514 e. The van der Waals surface area contributed by atoms with Crippen molar-refractivity contribution in [3.05, 3.63) is 77.9 Å². The van der Waals surface area contributed by atoms with Crippen LogP contribution in [0.1, 0.15) is 82.5 Å². The van der Waals surface area contributed by atoms with Crippen LogP contribution in [-0.2, 0) is 43.1 Å². The van der Waals surface area contributed by atoms with E-state index in [0.717, 1.165) is 24.3 Å². The van der Waals surface area contributed by atoms with E-state index >= 15 is 8.78 Å². The average Bonchev–Trinajstić information content (AvgIpc) is 3.46. The number of halogens is 2. The monoisotopic (exact) mass is 941 g/mol. The highest BCUT2D eigenvalue weighted by Gasteiger charge is 2.78. The second kappa shape index (κ2) is 20.3. The van der Waals surface area contributed by atoms with Crippen LogP contribution in [0.25, 0.3) is 0 Å². The first-order valence-electron chi connectivity index (χ1n) is 20.8. The van der Waals surface area contributed by atoms with Crippen molar-refractivity contribution in [2.45, 2.75) is 102 Å². The van der Waals surface area contributed by atoms with Crippen molar-refractivity contribution in [2.75, 3.05) is 33.5 Å². The third-order valence-corrected chi connectivity index (χ3v) is 13.2. The molecule has 4 aliphatic rings. The number of esters is 2. The van der Waals surface area contributed by atoms with E-state index in [1.807, 2.05) is 0 Å². The summed E-state index contributed by atoms with van der Waals surface area (Å²) in [7, 11) is 1.18. The highest BCUT2D eigenvalue weighted by atomic mass is 19.1. The molecule has 23 nitrogen and oxygen atoms in total. The van der Waals surface area contributed by atoms with Crippen LogP contribution in [0.3, 0.4) is 0 Å². The summed E-state index contributed by atoms with van der Waals surface area (Å²) in [6.07, 6.45) is -4.38. The Morgan fingerprint density at radius 2 is 1.65 bits per heavy atom. The van der Waals surface area contributed by atoms with Crippen molar-refractivity contribution in [3.8, 4) is 11.5 Å². The number of methoxy groups -OCH3 is 1. The smallest absolute Gasteiger partial charge is 0.493 e. The largest absolute Gasteiger partial charge is 0.514 e. The van der Waals surface area contributed by atoms with Gasteiger partial charge in [0.1, 0.15) is 18.9 Å². The molecule has 0 spiro atoms. The fourth-order valence-corrected chi connectivity index (χ4v) is 10.4. The van der Waals surface area contributed by atoms with E-state index in [2.05, 4.69) is 14.5 Å².